The van der Waals surface area contributed by atoms with Gasteiger partial charge in [-0.1, -0.05) is 13.8 Å². The van der Waals surface area contributed by atoms with Gasteiger partial charge in [-0.25, -0.2) is 0 Å². The van der Waals surface area contributed by atoms with E-state index in [1.54, 1.807) is 0 Å². The minimum Gasteiger partial charge on any atom is -0.396 e. The Hall–Kier alpha value is -0.120. The summed E-state index contributed by atoms with van der Waals surface area (Å²) < 4.78 is 5.42. The third-order valence-corrected chi connectivity index (χ3v) is 3.11. The lowest BCUT2D eigenvalue weighted by molar-refractivity contribution is 0.141. The number of hydrogen-bond donors (Lipinski definition) is 2. The van der Waals surface area contributed by atoms with Gasteiger partial charge in [0.15, 0.2) is 0 Å². The van der Waals surface area contributed by atoms with Crippen LogP contribution in [0.1, 0.15) is 39.5 Å². The van der Waals surface area contributed by atoms with E-state index in [0.717, 1.165) is 39.0 Å². The van der Waals surface area contributed by atoms with Crippen LogP contribution in [0.25, 0.3) is 0 Å². The van der Waals surface area contributed by atoms with E-state index in [-0.39, 0.29) is 12.0 Å². The van der Waals surface area contributed by atoms with Crippen molar-refractivity contribution in [2.75, 3.05) is 26.4 Å². The fraction of sp³-hybridized carbons (Fsp3) is 1.00. The van der Waals surface area contributed by atoms with Crippen LogP contribution in [0.3, 0.4) is 0 Å². The van der Waals surface area contributed by atoms with E-state index in [4.69, 9.17) is 9.84 Å². The van der Waals surface area contributed by atoms with Crippen molar-refractivity contribution in [1.29, 1.82) is 0 Å². The number of ether oxygens (including phenoxy) is 1. The first kappa shape index (κ1) is 12.9. The first-order chi connectivity index (χ1) is 7.14. The summed E-state index contributed by atoms with van der Waals surface area (Å²) in [7, 11) is 0. The smallest absolute Gasteiger partial charge is 0.0480 e. The van der Waals surface area contributed by atoms with Crippen LogP contribution < -0.4 is 5.32 Å². The molecule has 1 fully saturated rings. The molecule has 0 aromatic heterocycles. The molecule has 15 heavy (non-hydrogen) atoms. The van der Waals surface area contributed by atoms with Crippen LogP contribution in [0.5, 0.6) is 0 Å². The molecule has 0 bridgehead atoms. The van der Waals surface area contributed by atoms with Gasteiger partial charge in [0.05, 0.1) is 0 Å². The largest absolute Gasteiger partial charge is 0.396 e. The molecule has 3 nitrogen and oxygen atoms in total. The van der Waals surface area contributed by atoms with Crippen molar-refractivity contribution in [3.05, 3.63) is 0 Å². The highest BCUT2D eigenvalue weighted by molar-refractivity contribution is 4.76. The quantitative estimate of drug-likeness (QED) is 0.731. The molecule has 1 rings (SSSR count). The highest BCUT2D eigenvalue weighted by Gasteiger charge is 2.19. The van der Waals surface area contributed by atoms with Crippen LogP contribution in [0.15, 0.2) is 0 Å². The maximum absolute atomic E-state index is 8.94. The van der Waals surface area contributed by atoms with Gasteiger partial charge in [0.1, 0.15) is 0 Å². The minimum absolute atomic E-state index is 0.196. The lowest BCUT2D eigenvalue weighted by Crippen LogP contribution is -2.37. The van der Waals surface area contributed by atoms with E-state index in [1.807, 2.05) is 0 Å². The molecule has 1 aliphatic heterocycles. The molecule has 90 valence electrons. The summed E-state index contributed by atoms with van der Waals surface area (Å²) in [5.41, 5.74) is 0.196. The molecule has 3 heteroatoms. The fourth-order valence-corrected chi connectivity index (χ4v) is 1.92. The van der Waals surface area contributed by atoms with E-state index in [9.17, 15) is 0 Å². The van der Waals surface area contributed by atoms with E-state index < -0.39 is 0 Å². The Bertz CT molecular complexity index is 163. The van der Waals surface area contributed by atoms with E-state index in [0.29, 0.717) is 6.04 Å². The van der Waals surface area contributed by atoms with Crippen LogP contribution >= 0.6 is 0 Å². The maximum atomic E-state index is 8.94. The van der Waals surface area contributed by atoms with Gasteiger partial charge in [0.25, 0.3) is 0 Å². The molecule has 0 amide bonds. The summed E-state index contributed by atoms with van der Waals surface area (Å²) in [6.45, 7) is 7.46. The lowest BCUT2D eigenvalue weighted by atomic mass is 9.89. The van der Waals surface area contributed by atoms with Crippen molar-refractivity contribution in [2.24, 2.45) is 5.41 Å². The van der Waals surface area contributed by atoms with Gasteiger partial charge in [0.2, 0.25) is 0 Å². The van der Waals surface area contributed by atoms with Crippen molar-refractivity contribution in [3.63, 3.8) is 0 Å². The summed E-state index contributed by atoms with van der Waals surface area (Å²) in [6, 6.07) is 0.602. The van der Waals surface area contributed by atoms with Gasteiger partial charge in [0, 0.05) is 32.4 Å². The average Bonchev–Trinajstić information content (AvgIpc) is 2.43. The zero-order valence-corrected chi connectivity index (χ0v) is 10.1. The topological polar surface area (TPSA) is 41.5 Å². The monoisotopic (exact) mass is 215 g/mol. The second-order valence-electron chi connectivity index (χ2n) is 5.26. The van der Waals surface area contributed by atoms with Crippen molar-refractivity contribution >= 4 is 0 Å². The molecule has 0 aromatic rings. The first-order valence-electron chi connectivity index (χ1n) is 6.06. The number of aliphatic hydroxyl groups excluding tert-OH is 1. The van der Waals surface area contributed by atoms with E-state index >= 15 is 0 Å². The summed E-state index contributed by atoms with van der Waals surface area (Å²) in [5.74, 6) is 0. The number of nitrogens with one attached hydrogen (secondary N) is 1. The average molecular weight is 215 g/mol. The van der Waals surface area contributed by atoms with Gasteiger partial charge in [-0.15, -0.1) is 0 Å². The van der Waals surface area contributed by atoms with Gasteiger partial charge in [-0.3, -0.25) is 0 Å². The Balaban J connectivity index is 2.22. The van der Waals surface area contributed by atoms with Crippen LogP contribution in [0.4, 0.5) is 0 Å². The number of aliphatic hydroxyl groups is 1. The molecule has 0 aromatic carbocycles. The first-order valence-corrected chi connectivity index (χ1v) is 6.06. The van der Waals surface area contributed by atoms with Crippen molar-refractivity contribution < 1.29 is 9.84 Å². The minimum atomic E-state index is 0.196. The molecular weight excluding hydrogens is 190 g/mol. The van der Waals surface area contributed by atoms with Crippen molar-refractivity contribution in [2.45, 2.75) is 45.6 Å². The van der Waals surface area contributed by atoms with Crippen LogP contribution in [0, 0.1) is 5.41 Å². The lowest BCUT2D eigenvalue weighted by Gasteiger charge is -2.27. The summed E-state index contributed by atoms with van der Waals surface area (Å²) in [4.78, 5) is 0. The predicted molar refractivity (Wildman–Crippen MR) is 61.9 cm³/mol. The molecule has 0 spiro atoms. The molecule has 0 aliphatic carbocycles. The third kappa shape index (κ3) is 5.50. The van der Waals surface area contributed by atoms with Crippen LogP contribution in [0.2, 0.25) is 0 Å². The zero-order valence-electron chi connectivity index (χ0n) is 10.1. The summed E-state index contributed by atoms with van der Waals surface area (Å²) >= 11 is 0. The molecule has 1 heterocycles. The Morgan fingerprint density at radius 3 is 2.87 bits per heavy atom. The van der Waals surface area contributed by atoms with E-state index in [2.05, 4.69) is 19.2 Å². The molecular formula is C12H25NO2. The molecule has 1 atom stereocenters. The Morgan fingerprint density at radius 1 is 1.33 bits per heavy atom. The summed E-state index contributed by atoms with van der Waals surface area (Å²) in [6.07, 6.45) is 4.37. The highest BCUT2D eigenvalue weighted by Crippen LogP contribution is 2.19. The van der Waals surface area contributed by atoms with E-state index in [1.165, 1.54) is 6.42 Å². The van der Waals surface area contributed by atoms with Gasteiger partial charge in [-0.05, 0) is 31.1 Å². The standard InChI is InChI=1S/C12H25NO2/c1-12(2,6-7-14)10-13-11-4-3-8-15-9-5-11/h11,13-14H,3-10H2,1-2H3. The molecule has 2 N–H and O–H groups in total. The highest BCUT2D eigenvalue weighted by atomic mass is 16.5. The predicted octanol–water partition coefficient (Wildman–Crippen LogP) is 1.55. The third-order valence-electron chi connectivity index (χ3n) is 3.11. The zero-order chi connectivity index (χ0) is 11.1. The Kier molecular flexibility index (Phi) is 5.58. The molecule has 1 aliphatic rings. The van der Waals surface area contributed by atoms with Gasteiger partial charge in [-0.2, -0.15) is 0 Å². The second kappa shape index (κ2) is 6.46. The van der Waals surface area contributed by atoms with Crippen LogP contribution in [-0.2, 0) is 4.74 Å². The SMILES string of the molecule is CC(C)(CCO)CNC1CCCOCC1. The van der Waals surface area contributed by atoms with Crippen molar-refractivity contribution in [1.82, 2.24) is 5.32 Å². The maximum Gasteiger partial charge on any atom is 0.0480 e. The molecule has 0 saturated carbocycles. The Labute approximate surface area is 93.2 Å². The fourth-order valence-electron chi connectivity index (χ4n) is 1.92. The van der Waals surface area contributed by atoms with Crippen molar-refractivity contribution in [3.8, 4) is 0 Å². The van der Waals surface area contributed by atoms with Gasteiger partial charge >= 0.3 is 0 Å². The van der Waals surface area contributed by atoms with Crippen LogP contribution in [-0.4, -0.2) is 37.5 Å². The normalized spacial score (nSPS) is 23.8. The number of rotatable bonds is 5. The molecule has 1 unspecified atom stereocenters. The second-order valence-corrected chi connectivity index (χ2v) is 5.26. The molecule has 0 radical (unpaired) electrons. The Morgan fingerprint density at radius 2 is 2.13 bits per heavy atom. The number of hydrogen-bond acceptors (Lipinski definition) is 3. The van der Waals surface area contributed by atoms with Gasteiger partial charge < -0.3 is 15.2 Å². The molecule has 1 saturated heterocycles. The summed E-state index contributed by atoms with van der Waals surface area (Å²) in [5, 5.41) is 12.5.